The smallest absolute Gasteiger partial charge is 0.323 e. The minimum atomic E-state index is -0.105. The molecule has 3 amide bonds. The molecule has 1 aromatic heterocycles. The molecule has 3 heterocycles. The third-order valence-corrected chi connectivity index (χ3v) is 6.38. The van der Waals surface area contributed by atoms with Crippen LogP contribution in [0.1, 0.15) is 24.6 Å². The maximum atomic E-state index is 12.9. The Labute approximate surface area is 175 Å². The maximum Gasteiger partial charge on any atom is 0.323 e. The number of thiazole rings is 1. The highest BCUT2D eigenvalue weighted by Gasteiger charge is 2.28. The van der Waals surface area contributed by atoms with Crippen molar-refractivity contribution in [3.63, 3.8) is 0 Å². The monoisotopic (exact) mass is 413 g/mol. The molecule has 2 aliphatic heterocycles. The first-order valence-corrected chi connectivity index (χ1v) is 11.0. The molecule has 2 aromatic rings. The Morgan fingerprint density at radius 3 is 2.83 bits per heavy atom. The third-order valence-electron chi connectivity index (χ3n) is 5.46. The number of amides is 3. The molecule has 1 N–H and O–H groups in total. The largest absolute Gasteiger partial charge is 0.338 e. The highest BCUT2D eigenvalue weighted by molar-refractivity contribution is 7.14. The highest BCUT2D eigenvalue weighted by Crippen LogP contribution is 2.23. The molecule has 29 heavy (non-hydrogen) atoms. The average molecular weight is 414 g/mol. The summed E-state index contributed by atoms with van der Waals surface area (Å²) in [6, 6.07) is 10.5. The summed E-state index contributed by atoms with van der Waals surface area (Å²) in [5, 5.41) is 5.40. The Hall–Kier alpha value is -2.45. The normalized spacial score (nSPS) is 20.6. The van der Waals surface area contributed by atoms with E-state index in [2.05, 4.69) is 46.4 Å². The van der Waals surface area contributed by atoms with Gasteiger partial charge in [-0.05, 0) is 18.9 Å². The Morgan fingerprint density at radius 2 is 2.07 bits per heavy atom. The predicted octanol–water partition coefficient (Wildman–Crippen LogP) is 2.34. The Balaban J connectivity index is 1.32. The van der Waals surface area contributed by atoms with Gasteiger partial charge in [-0.25, -0.2) is 9.78 Å². The number of nitrogens with one attached hydrogen (secondary N) is 1. The predicted molar refractivity (Wildman–Crippen MR) is 114 cm³/mol. The van der Waals surface area contributed by atoms with Gasteiger partial charge in [-0.3, -0.25) is 14.6 Å². The molecule has 1 atom stereocenters. The van der Waals surface area contributed by atoms with Crippen LogP contribution in [0.5, 0.6) is 0 Å². The van der Waals surface area contributed by atoms with Gasteiger partial charge in [0.15, 0.2) is 5.13 Å². The van der Waals surface area contributed by atoms with E-state index < -0.39 is 0 Å². The summed E-state index contributed by atoms with van der Waals surface area (Å²) in [5.41, 5.74) is 2.04. The van der Waals surface area contributed by atoms with Crippen molar-refractivity contribution in [1.82, 2.24) is 20.1 Å². The summed E-state index contributed by atoms with van der Waals surface area (Å²) in [5.74, 6) is 0.108. The number of nitrogens with zero attached hydrogens (tertiary/aromatic N) is 4. The van der Waals surface area contributed by atoms with Gasteiger partial charge in [0.2, 0.25) is 5.91 Å². The van der Waals surface area contributed by atoms with Crippen LogP contribution in [0.2, 0.25) is 0 Å². The SMILES string of the molecule is CC1CN(Cc2ccccc2)CCN1C(=O)Cc1csc(N2CCCNC2=O)n1. The summed E-state index contributed by atoms with van der Waals surface area (Å²) in [7, 11) is 0. The zero-order chi connectivity index (χ0) is 20.2. The molecule has 1 unspecified atom stereocenters. The van der Waals surface area contributed by atoms with Crippen molar-refractivity contribution < 1.29 is 9.59 Å². The van der Waals surface area contributed by atoms with E-state index in [1.165, 1.54) is 16.9 Å². The van der Waals surface area contributed by atoms with Gasteiger partial charge in [-0.1, -0.05) is 30.3 Å². The molecule has 2 aliphatic rings. The van der Waals surface area contributed by atoms with Gasteiger partial charge in [-0.15, -0.1) is 11.3 Å². The third kappa shape index (κ3) is 4.76. The second-order valence-corrected chi connectivity index (χ2v) is 8.53. The summed E-state index contributed by atoms with van der Waals surface area (Å²) in [4.78, 5) is 35.4. The molecule has 0 saturated carbocycles. The van der Waals surface area contributed by atoms with Crippen LogP contribution in [0.25, 0.3) is 0 Å². The molecule has 2 fully saturated rings. The van der Waals surface area contributed by atoms with Crippen molar-refractivity contribution in [3.8, 4) is 0 Å². The van der Waals surface area contributed by atoms with Crippen LogP contribution < -0.4 is 10.2 Å². The topological polar surface area (TPSA) is 68.8 Å². The lowest BCUT2D eigenvalue weighted by Crippen LogP contribution is -2.54. The van der Waals surface area contributed by atoms with E-state index in [4.69, 9.17) is 0 Å². The van der Waals surface area contributed by atoms with Crippen LogP contribution >= 0.6 is 11.3 Å². The van der Waals surface area contributed by atoms with Gasteiger partial charge in [0, 0.05) is 50.7 Å². The van der Waals surface area contributed by atoms with Crippen molar-refractivity contribution in [2.45, 2.75) is 32.4 Å². The molecule has 0 aliphatic carbocycles. The molecule has 0 bridgehead atoms. The van der Waals surface area contributed by atoms with E-state index in [0.29, 0.717) is 18.2 Å². The van der Waals surface area contributed by atoms with Crippen LogP contribution in [0.3, 0.4) is 0 Å². The van der Waals surface area contributed by atoms with E-state index in [1.807, 2.05) is 16.3 Å². The second-order valence-electron chi connectivity index (χ2n) is 7.69. The molecule has 7 nitrogen and oxygen atoms in total. The Morgan fingerprint density at radius 1 is 1.24 bits per heavy atom. The number of benzene rings is 1. The van der Waals surface area contributed by atoms with Crippen LogP contribution in [0.15, 0.2) is 35.7 Å². The number of rotatable bonds is 5. The number of aromatic nitrogens is 1. The minimum Gasteiger partial charge on any atom is -0.338 e. The van der Waals surface area contributed by atoms with Crippen molar-refractivity contribution >= 4 is 28.4 Å². The van der Waals surface area contributed by atoms with E-state index in [1.54, 1.807) is 4.90 Å². The van der Waals surface area contributed by atoms with E-state index in [-0.39, 0.29) is 24.4 Å². The maximum absolute atomic E-state index is 12.9. The molecular formula is C21H27N5O2S. The first-order chi connectivity index (χ1) is 14.1. The fourth-order valence-electron chi connectivity index (χ4n) is 3.96. The number of hydrogen-bond donors (Lipinski definition) is 1. The highest BCUT2D eigenvalue weighted by atomic mass is 32.1. The molecule has 4 rings (SSSR count). The van der Waals surface area contributed by atoms with Crippen LogP contribution in [-0.4, -0.2) is 65.5 Å². The number of anilines is 1. The van der Waals surface area contributed by atoms with Gasteiger partial charge >= 0.3 is 6.03 Å². The van der Waals surface area contributed by atoms with Gasteiger partial charge in [0.05, 0.1) is 12.1 Å². The lowest BCUT2D eigenvalue weighted by atomic mass is 10.1. The van der Waals surface area contributed by atoms with Crippen molar-refractivity contribution in [1.29, 1.82) is 0 Å². The number of carbonyl (C=O) groups excluding carboxylic acids is 2. The van der Waals surface area contributed by atoms with Gasteiger partial charge in [0.1, 0.15) is 0 Å². The van der Waals surface area contributed by atoms with Gasteiger partial charge in [0.25, 0.3) is 0 Å². The van der Waals surface area contributed by atoms with E-state index in [0.717, 1.165) is 38.3 Å². The lowest BCUT2D eigenvalue weighted by Gasteiger charge is -2.40. The molecular weight excluding hydrogens is 386 g/mol. The molecule has 154 valence electrons. The summed E-state index contributed by atoms with van der Waals surface area (Å²) >= 11 is 1.43. The van der Waals surface area contributed by atoms with E-state index in [9.17, 15) is 9.59 Å². The molecule has 1 aromatic carbocycles. The quantitative estimate of drug-likeness (QED) is 0.817. The second kappa shape index (κ2) is 8.92. The van der Waals surface area contributed by atoms with Crippen molar-refractivity contribution in [2.75, 3.05) is 37.6 Å². The van der Waals surface area contributed by atoms with Gasteiger partial charge < -0.3 is 10.2 Å². The van der Waals surface area contributed by atoms with E-state index >= 15 is 0 Å². The van der Waals surface area contributed by atoms with Crippen LogP contribution in [0.4, 0.5) is 9.93 Å². The zero-order valence-electron chi connectivity index (χ0n) is 16.7. The molecule has 8 heteroatoms. The van der Waals surface area contributed by atoms with Gasteiger partial charge in [-0.2, -0.15) is 0 Å². The fourth-order valence-corrected chi connectivity index (χ4v) is 4.81. The Kier molecular flexibility index (Phi) is 6.10. The summed E-state index contributed by atoms with van der Waals surface area (Å²) in [6.45, 7) is 6.89. The van der Waals surface area contributed by atoms with Crippen LogP contribution in [0, 0.1) is 0 Å². The number of carbonyl (C=O) groups is 2. The summed E-state index contributed by atoms with van der Waals surface area (Å²) < 4.78 is 0. The van der Waals surface area contributed by atoms with Crippen LogP contribution in [-0.2, 0) is 17.8 Å². The average Bonchev–Trinajstić information content (AvgIpc) is 3.17. The number of hydrogen-bond acceptors (Lipinski definition) is 5. The minimum absolute atomic E-state index is 0.105. The lowest BCUT2D eigenvalue weighted by molar-refractivity contribution is -0.135. The number of piperazine rings is 1. The molecule has 2 saturated heterocycles. The standard InChI is InChI=1S/C21H27N5O2S/c1-16-13-24(14-17-6-3-2-4-7-17)10-11-25(16)19(27)12-18-15-29-21(23-18)26-9-5-8-22-20(26)28/h2-4,6-7,15-16H,5,8-14H2,1H3,(H,22,28). The zero-order valence-corrected chi connectivity index (χ0v) is 17.5. The number of urea groups is 1. The fraction of sp³-hybridized carbons (Fsp3) is 0.476. The first kappa shape index (κ1) is 19.8. The first-order valence-electron chi connectivity index (χ1n) is 10.2. The summed E-state index contributed by atoms with van der Waals surface area (Å²) in [6.07, 6.45) is 1.19. The van der Waals surface area contributed by atoms with Crippen molar-refractivity contribution in [3.05, 3.63) is 47.0 Å². The van der Waals surface area contributed by atoms with Crippen molar-refractivity contribution in [2.24, 2.45) is 0 Å². The molecule has 0 radical (unpaired) electrons. The Bertz CT molecular complexity index is 856. The molecule has 0 spiro atoms.